The van der Waals surface area contributed by atoms with E-state index in [4.69, 9.17) is 0 Å². The zero-order valence-electron chi connectivity index (χ0n) is 14.2. The number of fused-ring (bicyclic) bond motifs is 1. The predicted octanol–water partition coefficient (Wildman–Crippen LogP) is 5.19. The van der Waals surface area contributed by atoms with Gasteiger partial charge in [-0.1, -0.05) is 72.8 Å². The molecule has 0 fully saturated rings. The first-order valence-corrected chi connectivity index (χ1v) is 10.2. The minimum absolute atomic E-state index is 0.739. The van der Waals surface area contributed by atoms with Crippen LogP contribution in [-0.2, 0) is 4.57 Å². The van der Waals surface area contributed by atoms with Crippen LogP contribution in [0.15, 0.2) is 108 Å². The molecule has 0 saturated carbocycles. The number of nitrogens with zero attached hydrogens (tertiary/aromatic N) is 1. The van der Waals surface area contributed by atoms with Gasteiger partial charge in [-0.05, 0) is 46.7 Å². The van der Waals surface area contributed by atoms with Gasteiger partial charge in [0, 0.05) is 16.8 Å². The van der Waals surface area contributed by atoms with E-state index in [1.165, 1.54) is 5.39 Å². The standard InChI is InChI=1S/C23H18NOP/c25-26(22-11-3-1-4-12-22,23-13-5-2-6-14-23)24-18-19-15-16-20-9-7-8-10-21(20)17-19/h1-18H. The van der Waals surface area contributed by atoms with Crippen molar-refractivity contribution in [2.75, 3.05) is 0 Å². The molecule has 0 aromatic heterocycles. The Hall–Kier alpha value is -2.96. The van der Waals surface area contributed by atoms with E-state index in [-0.39, 0.29) is 0 Å². The Morgan fingerprint density at radius 1 is 0.615 bits per heavy atom. The second-order valence-corrected chi connectivity index (χ2v) is 8.51. The average molecular weight is 355 g/mol. The van der Waals surface area contributed by atoms with Crippen LogP contribution in [0.5, 0.6) is 0 Å². The summed E-state index contributed by atoms with van der Waals surface area (Å²) >= 11 is 0. The fourth-order valence-electron chi connectivity index (χ4n) is 2.98. The van der Waals surface area contributed by atoms with Crippen molar-refractivity contribution in [2.24, 2.45) is 4.76 Å². The van der Waals surface area contributed by atoms with Gasteiger partial charge in [0.05, 0.1) is 0 Å². The van der Waals surface area contributed by atoms with Crippen molar-refractivity contribution < 1.29 is 4.57 Å². The van der Waals surface area contributed by atoms with Crippen LogP contribution < -0.4 is 10.6 Å². The van der Waals surface area contributed by atoms with Crippen LogP contribution in [0.2, 0.25) is 0 Å². The third-order valence-corrected chi connectivity index (χ3v) is 6.79. The zero-order valence-corrected chi connectivity index (χ0v) is 15.1. The molecule has 126 valence electrons. The van der Waals surface area contributed by atoms with Crippen molar-refractivity contribution in [1.29, 1.82) is 0 Å². The SMILES string of the molecule is O=P(N=Cc1ccc2ccccc2c1)(c1ccccc1)c1ccccc1. The largest absolute Gasteiger partial charge is 0.288 e. The van der Waals surface area contributed by atoms with Gasteiger partial charge < -0.3 is 0 Å². The van der Waals surface area contributed by atoms with Gasteiger partial charge >= 0.3 is 0 Å². The monoisotopic (exact) mass is 355 g/mol. The maximum Gasteiger partial charge on any atom is 0.247 e. The van der Waals surface area contributed by atoms with E-state index in [1.54, 1.807) is 6.21 Å². The first-order chi connectivity index (χ1) is 12.8. The topological polar surface area (TPSA) is 29.4 Å². The molecule has 0 aliphatic heterocycles. The molecule has 0 N–H and O–H groups in total. The van der Waals surface area contributed by atoms with Crippen LogP contribution >= 0.6 is 7.29 Å². The quantitative estimate of drug-likeness (QED) is 0.366. The number of benzene rings is 4. The summed E-state index contributed by atoms with van der Waals surface area (Å²) in [6.45, 7) is 0. The van der Waals surface area contributed by atoms with Crippen LogP contribution in [0.3, 0.4) is 0 Å². The molecule has 26 heavy (non-hydrogen) atoms. The predicted molar refractivity (Wildman–Crippen MR) is 111 cm³/mol. The lowest BCUT2D eigenvalue weighted by Gasteiger charge is -2.14. The van der Waals surface area contributed by atoms with Gasteiger partial charge in [-0.25, -0.2) is 4.76 Å². The summed E-state index contributed by atoms with van der Waals surface area (Å²) < 4.78 is 18.5. The second-order valence-electron chi connectivity index (χ2n) is 6.10. The van der Waals surface area contributed by atoms with E-state index in [0.29, 0.717) is 0 Å². The number of hydrogen-bond acceptors (Lipinski definition) is 1. The lowest BCUT2D eigenvalue weighted by atomic mass is 10.1. The molecular weight excluding hydrogens is 337 g/mol. The van der Waals surface area contributed by atoms with Gasteiger partial charge in [-0.2, -0.15) is 0 Å². The summed E-state index contributed by atoms with van der Waals surface area (Å²) in [4.78, 5) is 0. The molecule has 0 saturated heterocycles. The first-order valence-electron chi connectivity index (χ1n) is 8.51. The van der Waals surface area contributed by atoms with Gasteiger partial charge in [-0.15, -0.1) is 0 Å². The molecule has 4 rings (SSSR count). The average Bonchev–Trinajstić information content (AvgIpc) is 2.73. The molecule has 4 aromatic carbocycles. The lowest BCUT2D eigenvalue weighted by Crippen LogP contribution is -2.14. The Morgan fingerprint density at radius 3 is 1.77 bits per heavy atom. The molecule has 0 amide bonds. The third kappa shape index (κ3) is 3.24. The van der Waals surface area contributed by atoms with Gasteiger partial charge in [0.1, 0.15) is 0 Å². The Bertz CT molecular complexity index is 1060. The van der Waals surface area contributed by atoms with Crippen LogP contribution in [-0.4, -0.2) is 6.21 Å². The molecule has 0 heterocycles. The molecule has 0 bridgehead atoms. The summed E-state index contributed by atoms with van der Waals surface area (Å²) in [5.74, 6) is 0. The minimum Gasteiger partial charge on any atom is -0.288 e. The molecule has 0 atom stereocenters. The summed E-state index contributed by atoms with van der Waals surface area (Å²) in [5.41, 5.74) is 0.941. The summed E-state index contributed by atoms with van der Waals surface area (Å²) in [5, 5.41) is 3.80. The zero-order chi connectivity index (χ0) is 17.8. The molecule has 3 heteroatoms. The van der Waals surface area contributed by atoms with Crippen LogP contribution in [0.25, 0.3) is 10.8 Å². The van der Waals surface area contributed by atoms with Gasteiger partial charge in [0.2, 0.25) is 7.29 Å². The normalized spacial score (nSPS) is 11.8. The van der Waals surface area contributed by atoms with Crippen molar-refractivity contribution in [3.8, 4) is 0 Å². The highest BCUT2D eigenvalue weighted by Crippen LogP contribution is 2.44. The van der Waals surface area contributed by atoms with E-state index < -0.39 is 7.29 Å². The van der Waals surface area contributed by atoms with E-state index in [0.717, 1.165) is 21.6 Å². The lowest BCUT2D eigenvalue weighted by molar-refractivity contribution is 0.588. The molecular formula is C23H18NOP. The van der Waals surface area contributed by atoms with Crippen molar-refractivity contribution >= 4 is 34.9 Å². The van der Waals surface area contributed by atoms with E-state index in [1.807, 2.05) is 78.9 Å². The van der Waals surface area contributed by atoms with Crippen LogP contribution in [0.4, 0.5) is 0 Å². The Kier molecular flexibility index (Phi) is 4.51. The van der Waals surface area contributed by atoms with E-state index >= 15 is 0 Å². The fourth-order valence-corrected chi connectivity index (χ4v) is 4.99. The van der Waals surface area contributed by atoms with E-state index in [2.05, 4.69) is 29.0 Å². The maximum absolute atomic E-state index is 13.9. The number of rotatable bonds is 4. The fraction of sp³-hybridized carbons (Fsp3) is 0. The minimum atomic E-state index is -3.08. The molecule has 0 unspecified atom stereocenters. The molecule has 2 nitrogen and oxygen atoms in total. The second kappa shape index (κ2) is 7.11. The van der Waals surface area contributed by atoms with Gasteiger partial charge in [-0.3, -0.25) is 4.57 Å². The highest BCUT2D eigenvalue weighted by molar-refractivity contribution is 7.77. The Morgan fingerprint density at radius 2 is 1.15 bits per heavy atom. The highest BCUT2D eigenvalue weighted by Gasteiger charge is 2.25. The van der Waals surface area contributed by atoms with Gasteiger partial charge in [0.25, 0.3) is 0 Å². The van der Waals surface area contributed by atoms with Crippen molar-refractivity contribution in [2.45, 2.75) is 0 Å². The van der Waals surface area contributed by atoms with Crippen LogP contribution in [0.1, 0.15) is 5.56 Å². The van der Waals surface area contributed by atoms with Crippen LogP contribution in [0, 0.1) is 0 Å². The summed E-state index contributed by atoms with van der Waals surface area (Å²) in [7, 11) is -3.08. The third-order valence-electron chi connectivity index (χ3n) is 4.36. The Labute approximate surface area is 153 Å². The molecule has 4 aromatic rings. The van der Waals surface area contributed by atoms with Crippen molar-refractivity contribution in [3.63, 3.8) is 0 Å². The molecule has 0 spiro atoms. The summed E-state index contributed by atoms with van der Waals surface area (Å²) in [6, 6.07) is 33.3. The molecule has 0 aliphatic carbocycles. The van der Waals surface area contributed by atoms with Crippen molar-refractivity contribution in [3.05, 3.63) is 109 Å². The van der Waals surface area contributed by atoms with Crippen molar-refractivity contribution in [1.82, 2.24) is 0 Å². The molecule has 0 aliphatic rings. The first kappa shape index (κ1) is 16.5. The molecule has 0 radical (unpaired) electrons. The smallest absolute Gasteiger partial charge is 0.247 e. The highest BCUT2D eigenvalue weighted by atomic mass is 31.2. The van der Waals surface area contributed by atoms with E-state index in [9.17, 15) is 4.57 Å². The maximum atomic E-state index is 13.9. The number of hydrogen-bond donors (Lipinski definition) is 0. The summed E-state index contributed by atoms with van der Waals surface area (Å²) in [6.07, 6.45) is 1.73. The Balaban J connectivity index is 1.79. The van der Waals surface area contributed by atoms with Gasteiger partial charge in [0.15, 0.2) is 0 Å².